The molecule has 23 heavy (non-hydrogen) atoms. The highest BCUT2D eigenvalue weighted by atomic mass is 16.2. The van der Waals surface area contributed by atoms with E-state index in [0.29, 0.717) is 18.9 Å². The predicted molar refractivity (Wildman–Crippen MR) is 91.1 cm³/mol. The Balaban J connectivity index is 1.61. The number of nitrogens with one attached hydrogen (secondary N) is 1. The van der Waals surface area contributed by atoms with Gasteiger partial charge >= 0.3 is 0 Å². The molecule has 3 rings (SSSR count). The number of hydrogen-bond donors (Lipinski definition) is 1. The third-order valence-electron chi connectivity index (χ3n) is 4.87. The lowest BCUT2D eigenvalue weighted by atomic mass is 9.85. The molecule has 0 unspecified atom stereocenters. The third kappa shape index (κ3) is 3.57. The van der Waals surface area contributed by atoms with E-state index in [9.17, 15) is 9.59 Å². The number of hydrogen-bond acceptors (Lipinski definition) is 2. The van der Waals surface area contributed by atoms with Gasteiger partial charge in [-0.1, -0.05) is 32.4 Å². The summed E-state index contributed by atoms with van der Waals surface area (Å²) in [5.41, 5.74) is 3.39. The standard InChI is InChI=1S/C19H26N2O2/c1-13(2)10-18(22)21-9-8-16-11-14(6-7-17(16)21)12-20-19(23)15-4-3-5-15/h6-7,11,13,15H,3-5,8-10,12H2,1-2H3,(H,20,23). The number of nitrogens with zero attached hydrogens (tertiary/aromatic N) is 1. The second-order valence-corrected chi connectivity index (χ2v) is 7.20. The van der Waals surface area contributed by atoms with Crippen molar-refractivity contribution in [3.8, 4) is 0 Å². The molecule has 1 saturated carbocycles. The molecule has 1 aliphatic carbocycles. The van der Waals surface area contributed by atoms with E-state index in [4.69, 9.17) is 0 Å². The highest BCUT2D eigenvalue weighted by Crippen LogP contribution is 2.30. The molecule has 1 aliphatic heterocycles. The lowest BCUT2D eigenvalue weighted by Crippen LogP contribution is -2.34. The molecule has 1 heterocycles. The largest absolute Gasteiger partial charge is 0.352 e. The molecular formula is C19H26N2O2. The molecule has 0 radical (unpaired) electrons. The van der Waals surface area contributed by atoms with Gasteiger partial charge in [0.1, 0.15) is 0 Å². The first-order chi connectivity index (χ1) is 11.0. The highest BCUT2D eigenvalue weighted by Gasteiger charge is 2.26. The minimum absolute atomic E-state index is 0.186. The smallest absolute Gasteiger partial charge is 0.227 e. The Labute approximate surface area is 138 Å². The van der Waals surface area contributed by atoms with E-state index in [1.807, 2.05) is 17.0 Å². The second-order valence-electron chi connectivity index (χ2n) is 7.20. The maximum absolute atomic E-state index is 12.3. The fourth-order valence-corrected chi connectivity index (χ4v) is 3.29. The van der Waals surface area contributed by atoms with Crippen molar-refractivity contribution in [1.82, 2.24) is 5.32 Å². The van der Waals surface area contributed by atoms with Crippen LogP contribution in [-0.4, -0.2) is 18.4 Å². The molecule has 2 aliphatic rings. The first kappa shape index (κ1) is 16.0. The zero-order valence-electron chi connectivity index (χ0n) is 14.1. The van der Waals surface area contributed by atoms with Gasteiger partial charge in [-0.2, -0.15) is 0 Å². The number of benzene rings is 1. The average molecular weight is 314 g/mol. The van der Waals surface area contributed by atoms with Crippen LogP contribution in [0.5, 0.6) is 0 Å². The number of anilines is 1. The maximum Gasteiger partial charge on any atom is 0.227 e. The molecule has 0 atom stereocenters. The van der Waals surface area contributed by atoms with Crippen LogP contribution < -0.4 is 10.2 Å². The lowest BCUT2D eigenvalue weighted by molar-refractivity contribution is -0.127. The van der Waals surface area contributed by atoms with Gasteiger partial charge in [0.05, 0.1) is 0 Å². The maximum atomic E-state index is 12.3. The van der Waals surface area contributed by atoms with Gasteiger partial charge < -0.3 is 10.2 Å². The quantitative estimate of drug-likeness (QED) is 0.908. The SMILES string of the molecule is CC(C)CC(=O)N1CCc2cc(CNC(=O)C3CCC3)ccc21. The van der Waals surface area contributed by atoms with E-state index in [2.05, 4.69) is 25.2 Å². The summed E-state index contributed by atoms with van der Waals surface area (Å²) >= 11 is 0. The zero-order valence-corrected chi connectivity index (χ0v) is 14.1. The van der Waals surface area contributed by atoms with Crippen molar-refractivity contribution in [2.24, 2.45) is 11.8 Å². The van der Waals surface area contributed by atoms with Crippen LogP contribution in [0.2, 0.25) is 0 Å². The van der Waals surface area contributed by atoms with Crippen LogP contribution in [0, 0.1) is 11.8 Å². The highest BCUT2D eigenvalue weighted by molar-refractivity contribution is 5.95. The van der Waals surface area contributed by atoms with Crippen molar-refractivity contribution < 1.29 is 9.59 Å². The number of carbonyl (C=O) groups excluding carboxylic acids is 2. The fourth-order valence-electron chi connectivity index (χ4n) is 3.29. The molecule has 1 aromatic rings. The summed E-state index contributed by atoms with van der Waals surface area (Å²) in [6.45, 7) is 5.51. The van der Waals surface area contributed by atoms with E-state index in [1.54, 1.807) is 0 Å². The lowest BCUT2D eigenvalue weighted by Gasteiger charge is -2.24. The Bertz CT molecular complexity index is 605. The molecule has 0 spiro atoms. The summed E-state index contributed by atoms with van der Waals surface area (Å²) in [6.07, 6.45) is 4.74. The molecule has 0 aromatic heterocycles. The van der Waals surface area contributed by atoms with Crippen LogP contribution in [0.3, 0.4) is 0 Å². The molecule has 1 aromatic carbocycles. The molecule has 2 amide bonds. The number of amides is 2. The first-order valence-electron chi connectivity index (χ1n) is 8.74. The van der Waals surface area contributed by atoms with Crippen molar-refractivity contribution in [3.63, 3.8) is 0 Å². The molecule has 4 heteroatoms. The Kier molecular flexibility index (Phi) is 4.69. The number of carbonyl (C=O) groups is 2. The van der Waals surface area contributed by atoms with Crippen molar-refractivity contribution in [2.75, 3.05) is 11.4 Å². The minimum atomic E-state index is 0.186. The normalized spacial score (nSPS) is 17.1. The van der Waals surface area contributed by atoms with E-state index in [1.165, 1.54) is 12.0 Å². The fraction of sp³-hybridized carbons (Fsp3) is 0.579. The summed E-state index contributed by atoms with van der Waals surface area (Å²) in [5, 5.41) is 3.03. The van der Waals surface area contributed by atoms with Gasteiger partial charge in [0.15, 0.2) is 0 Å². The Hall–Kier alpha value is -1.84. The van der Waals surface area contributed by atoms with E-state index >= 15 is 0 Å². The predicted octanol–water partition coefficient (Wildman–Crippen LogP) is 3.04. The number of fused-ring (bicyclic) bond motifs is 1. The topological polar surface area (TPSA) is 49.4 Å². The van der Waals surface area contributed by atoms with E-state index in [-0.39, 0.29) is 17.7 Å². The first-order valence-corrected chi connectivity index (χ1v) is 8.74. The van der Waals surface area contributed by atoms with Gasteiger partial charge in [0.2, 0.25) is 11.8 Å². The summed E-state index contributed by atoms with van der Waals surface area (Å²) < 4.78 is 0. The summed E-state index contributed by atoms with van der Waals surface area (Å²) in [6, 6.07) is 6.20. The summed E-state index contributed by atoms with van der Waals surface area (Å²) in [4.78, 5) is 26.1. The van der Waals surface area contributed by atoms with Crippen LogP contribution in [0.15, 0.2) is 18.2 Å². The van der Waals surface area contributed by atoms with Crippen LogP contribution in [0.25, 0.3) is 0 Å². The van der Waals surface area contributed by atoms with Crippen molar-refractivity contribution in [3.05, 3.63) is 29.3 Å². The van der Waals surface area contributed by atoms with Crippen molar-refractivity contribution in [1.29, 1.82) is 0 Å². The van der Waals surface area contributed by atoms with Gasteiger partial charge in [0, 0.05) is 31.1 Å². The number of rotatable bonds is 5. The minimum Gasteiger partial charge on any atom is -0.352 e. The van der Waals surface area contributed by atoms with Crippen LogP contribution in [0.4, 0.5) is 5.69 Å². The van der Waals surface area contributed by atoms with Gasteiger partial charge in [-0.3, -0.25) is 9.59 Å². The summed E-state index contributed by atoms with van der Waals surface area (Å²) in [5.74, 6) is 1.01. The Morgan fingerprint density at radius 2 is 2.09 bits per heavy atom. The van der Waals surface area contributed by atoms with E-state index < -0.39 is 0 Å². The van der Waals surface area contributed by atoms with E-state index in [0.717, 1.165) is 37.1 Å². The Morgan fingerprint density at radius 1 is 1.30 bits per heavy atom. The molecule has 124 valence electrons. The van der Waals surface area contributed by atoms with Gasteiger partial charge in [-0.05, 0) is 42.4 Å². The average Bonchev–Trinajstić information content (AvgIpc) is 2.85. The molecule has 1 N–H and O–H groups in total. The van der Waals surface area contributed by atoms with Crippen molar-refractivity contribution in [2.45, 2.75) is 52.5 Å². The molecule has 0 bridgehead atoms. The Morgan fingerprint density at radius 3 is 2.74 bits per heavy atom. The van der Waals surface area contributed by atoms with Crippen LogP contribution in [0.1, 0.15) is 50.7 Å². The van der Waals surface area contributed by atoms with Gasteiger partial charge in [-0.25, -0.2) is 0 Å². The second kappa shape index (κ2) is 6.73. The third-order valence-corrected chi connectivity index (χ3v) is 4.87. The molecule has 4 nitrogen and oxygen atoms in total. The van der Waals surface area contributed by atoms with Crippen molar-refractivity contribution >= 4 is 17.5 Å². The molecule has 0 saturated heterocycles. The van der Waals surface area contributed by atoms with Crippen LogP contribution in [-0.2, 0) is 22.6 Å². The monoisotopic (exact) mass is 314 g/mol. The molecular weight excluding hydrogens is 288 g/mol. The van der Waals surface area contributed by atoms with Gasteiger partial charge in [-0.15, -0.1) is 0 Å². The van der Waals surface area contributed by atoms with Crippen LogP contribution >= 0.6 is 0 Å². The zero-order chi connectivity index (χ0) is 16.4. The summed E-state index contributed by atoms with van der Waals surface area (Å²) in [7, 11) is 0. The molecule has 1 fully saturated rings. The van der Waals surface area contributed by atoms with Gasteiger partial charge in [0.25, 0.3) is 0 Å².